The zero-order valence-corrected chi connectivity index (χ0v) is 9.97. The molecule has 0 amide bonds. The molecule has 3 aromatic rings. The molecule has 0 saturated heterocycles. The molecule has 19 heavy (non-hydrogen) atoms. The van der Waals surface area contributed by atoms with Crippen molar-refractivity contribution in [3.63, 3.8) is 0 Å². The lowest BCUT2D eigenvalue weighted by Crippen LogP contribution is -1.91. The quantitative estimate of drug-likeness (QED) is 0.654. The number of benzene rings is 2. The normalized spacial score (nSPS) is 10.3. The molecular weight excluding hydrogens is 239 g/mol. The van der Waals surface area contributed by atoms with Gasteiger partial charge < -0.3 is 0 Å². The summed E-state index contributed by atoms with van der Waals surface area (Å²) in [6, 6.07) is 14.3. The lowest BCUT2D eigenvalue weighted by Gasteiger charge is -2.07. The van der Waals surface area contributed by atoms with Crippen LogP contribution in [0.4, 0.5) is 4.39 Å². The number of hydrogen-bond donors (Lipinski definition) is 0. The second-order valence-corrected chi connectivity index (χ2v) is 4.19. The van der Waals surface area contributed by atoms with Gasteiger partial charge in [-0.1, -0.05) is 36.4 Å². The lowest BCUT2D eigenvalue weighted by atomic mass is 9.99. The summed E-state index contributed by atoms with van der Waals surface area (Å²) in [7, 11) is 0. The Morgan fingerprint density at radius 2 is 1.79 bits per heavy atom. The van der Waals surface area contributed by atoms with Crippen molar-refractivity contribution in [2.24, 2.45) is 0 Å². The fraction of sp³-hybridized carbons (Fsp3) is 0. The molecule has 0 aliphatic rings. The zero-order valence-electron chi connectivity index (χ0n) is 9.97. The van der Waals surface area contributed by atoms with E-state index in [9.17, 15) is 4.39 Å². The molecule has 0 aliphatic heterocycles. The van der Waals surface area contributed by atoms with Crippen molar-refractivity contribution in [1.29, 1.82) is 5.26 Å². The van der Waals surface area contributed by atoms with Gasteiger partial charge in [0.1, 0.15) is 11.9 Å². The molecule has 0 radical (unpaired) electrons. The van der Waals surface area contributed by atoms with Crippen LogP contribution in [0.15, 0.2) is 54.9 Å². The Labute approximate surface area is 109 Å². The van der Waals surface area contributed by atoms with Crippen LogP contribution in [-0.2, 0) is 0 Å². The van der Waals surface area contributed by atoms with Crippen molar-refractivity contribution < 1.29 is 4.39 Å². The maximum absolute atomic E-state index is 14.2. The van der Waals surface area contributed by atoms with Crippen molar-refractivity contribution in [1.82, 2.24) is 4.98 Å². The zero-order chi connectivity index (χ0) is 13.2. The Kier molecular flexibility index (Phi) is 2.70. The monoisotopic (exact) mass is 248 g/mol. The minimum absolute atomic E-state index is 0.0467. The fourth-order valence-electron chi connectivity index (χ4n) is 2.16. The molecule has 3 rings (SSSR count). The van der Waals surface area contributed by atoms with Crippen LogP contribution in [0.25, 0.3) is 21.9 Å². The van der Waals surface area contributed by atoms with Gasteiger partial charge in [0.25, 0.3) is 0 Å². The maximum Gasteiger partial charge on any atom is 0.148 e. The summed E-state index contributed by atoms with van der Waals surface area (Å²) in [5, 5.41) is 10.8. The third kappa shape index (κ3) is 1.84. The predicted molar refractivity (Wildman–Crippen MR) is 71.9 cm³/mol. The van der Waals surface area contributed by atoms with Gasteiger partial charge in [-0.15, -0.1) is 0 Å². The predicted octanol–water partition coefficient (Wildman–Crippen LogP) is 3.91. The Morgan fingerprint density at radius 3 is 2.63 bits per heavy atom. The lowest BCUT2D eigenvalue weighted by molar-refractivity contribution is 0.627. The van der Waals surface area contributed by atoms with Gasteiger partial charge in [-0.25, -0.2) is 4.39 Å². The first-order valence-corrected chi connectivity index (χ1v) is 5.83. The Bertz CT molecular complexity index is 798. The first kappa shape index (κ1) is 11.4. The molecule has 0 atom stereocenters. The molecule has 0 fully saturated rings. The van der Waals surface area contributed by atoms with Crippen molar-refractivity contribution >= 4 is 10.8 Å². The van der Waals surface area contributed by atoms with Gasteiger partial charge in [-0.3, -0.25) is 4.98 Å². The van der Waals surface area contributed by atoms with Crippen molar-refractivity contribution in [2.45, 2.75) is 0 Å². The summed E-state index contributed by atoms with van der Waals surface area (Å²) in [5.74, 6) is -0.497. The first-order valence-electron chi connectivity index (χ1n) is 5.83. The Balaban J connectivity index is 2.35. The van der Waals surface area contributed by atoms with Gasteiger partial charge in [0.15, 0.2) is 0 Å². The molecule has 0 unspecified atom stereocenters. The van der Waals surface area contributed by atoms with Crippen molar-refractivity contribution in [3.8, 4) is 17.2 Å². The minimum Gasteiger partial charge on any atom is -0.263 e. The first-order chi connectivity index (χ1) is 9.31. The third-order valence-corrected chi connectivity index (χ3v) is 3.08. The summed E-state index contributed by atoms with van der Waals surface area (Å²) in [4.78, 5) is 4.14. The summed E-state index contributed by atoms with van der Waals surface area (Å²) in [5.41, 5.74) is 1.15. The van der Waals surface area contributed by atoms with Gasteiger partial charge in [0, 0.05) is 28.9 Å². The van der Waals surface area contributed by atoms with E-state index < -0.39 is 5.82 Å². The van der Waals surface area contributed by atoms with Gasteiger partial charge in [0.2, 0.25) is 0 Å². The molecule has 0 saturated carbocycles. The molecule has 0 spiro atoms. The van der Waals surface area contributed by atoms with Crippen LogP contribution in [0.1, 0.15) is 5.56 Å². The average Bonchev–Trinajstić information content (AvgIpc) is 2.47. The topological polar surface area (TPSA) is 36.7 Å². The van der Waals surface area contributed by atoms with E-state index in [1.807, 2.05) is 30.3 Å². The van der Waals surface area contributed by atoms with Crippen LogP contribution in [0.5, 0.6) is 0 Å². The number of fused-ring (bicyclic) bond motifs is 1. The van der Waals surface area contributed by atoms with Gasteiger partial charge in [-0.05, 0) is 11.5 Å². The maximum atomic E-state index is 14.2. The van der Waals surface area contributed by atoms with E-state index in [-0.39, 0.29) is 5.56 Å². The largest absolute Gasteiger partial charge is 0.263 e. The standard InChI is InChI=1S/C16H9FN2/c17-16-11(8-18)5-3-7-14(16)15-10-19-9-12-4-1-2-6-13(12)15/h1-7,9-10H. The number of hydrogen-bond acceptors (Lipinski definition) is 2. The average molecular weight is 248 g/mol. The summed E-state index contributed by atoms with van der Waals surface area (Å²) >= 11 is 0. The Morgan fingerprint density at radius 1 is 0.947 bits per heavy atom. The number of nitrogens with zero attached hydrogens (tertiary/aromatic N) is 2. The van der Waals surface area contributed by atoms with E-state index in [2.05, 4.69) is 4.98 Å². The molecule has 2 nitrogen and oxygen atoms in total. The highest BCUT2D eigenvalue weighted by Crippen LogP contribution is 2.30. The summed E-state index contributed by atoms with van der Waals surface area (Å²) in [6.45, 7) is 0. The molecular formula is C16H9FN2. The van der Waals surface area contributed by atoms with Crippen molar-refractivity contribution in [2.75, 3.05) is 0 Å². The smallest absolute Gasteiger partial charge is 0.148 e. The molecule has 0 aliphatic carbocycles. The van der Waals surface area contributed by atoms with Crippen LogP contribution in [0.2, 0.25) is 0 Å². The second kappa shape index (κ2) is 4.51. The molecule has 0 N–H and O–H groups in total. The molecule has 1 aromatic heterocycles. The highest BCUT2D eigenvalue weighted by Gasteiger charge is 2.12. The van der Waals surface area contributed by atoms with Crippen LogP contribution < -0.4 is 0 Å². The van der Waals surface area contributed by atoms with Crippen LogP contribution in [-0.4, -0.2) is 4.98 Å². The number of pyridine rings is 1. The molecule has 2 aromatic carbocycles. The van der Waals surface area contributed by atoms with E-state index in [1.165, 1.54) is 6.07 Å². The fourth-order valence-corrected chi connectivity index (χ4v) is 2.16. The minimum atomic E-state index is -0.497. The van der Waals surface area contributed by atoms with Gasteiger partial charge >= 0.3 is 0 Å². The summed E-state index contributed by atoms with van der Waals surface area (Å²) in [6.07, 6.45) is 3.37. The Hall–Kier alpha value is -2.73. The van der Waals surface area contributed by atoms with Crippen LogP contribution >= 0.6 is 0 Å². The number of aromatic nitrogens is 1. The highest BCUT2D eigenvalue weighted by atomic mass is 19.1. The number of nitriles is 1. The SMILES string of the molecule is N#Cc1cccc(-c2cncc3ccccc23)c1F. The van der Waals surface area contributed by atoms with Crippen molar-refractivity contribution in [3.05, 3.63) is 66.2 Å². The summed E-state index contributed by atoms with van der Waals surface area (Å²) < 4.78 is 14.2. The number of halogens is 1. The van der Waals surface area contributed by atoms with E-state index in [0.717, 1.165) is 10.8 Å². The van der Waals surface area contributed by atoms with E-state index in [0.29, 0.717) is 11.1 Å². The second-order valence-electron chi connectivity index (χ2n) is 4.19. The number of rotatable bonds is 1. The van der Waals surface area contributed by atoms with E-state index in [4.69, 9.17) is 5.26 Å². The van der Waals surface area contributed by atoms with Gasteiger partial charge in [-0.2, -0.15) is 5.26 Å². The third-order valence-electron chi connectivity index (χ3n) is 3.08. The van der Waals surface area contributed by atoms with E-state index in [1.54, 1.807) is 24.5 Å². The van der Waals surface area contributed by atoms with E-state index >= 15 is 0 Å². The van der Waals surface area contributed by atoms with Crippen LogP contribution in [0, 0.1) is 17.1 Å². The highest BCUT2D eigenvalue weighted by molar-refractivity contribution is 5.95. The van der Waals surface area contributed by atoms with Gasteiger partial charge in [0.05, 0.1) is 5.56 Å². The molecule has 3 heteroatoms. The molecule has 0 bridgehead atoms. The molecule has 1 heterocycles. The molecule has 90 valence electrons. The van der Waals surface area contributed by atoms with Crippen LogP contribution in [0.3, 0.4) is 0 Å².